The summed E-state index contributed by atoms with van der Waals surface area (Å²) in [5.74, 6) is -0.549. The van der Waals surface area contributed by atoms with Crippen molar-refractivity contribution in [1.29, 1.82) is 0 Å². The number of aromatic nitrogens is 1. The average molecular weight is 338 g/mol. The highest BCUT2D eigenvalue weighted by molar-refractivity contribution is 7.17. The third-order valence-electron chi connectivity index (χ3n) is 3.55. The van der Waals surface area contributed by atoms with E-state index in [2.05, 4.69) is 5.32 Å². The van der Waals surface area contributed by atoms with Crippen LogP contribution in [0.1, 0.15) is 23.0 Å². The van der Waals surface area contributed by atoms with E-state index in [9.17, 15) is 18.0 Å². The molecule has 0 aliphatic carbocycles. The molecule has 120 valence electrons. The summed E-state index contributed by atoms with van der Waals surface area (Å²) >= 11 is 1.49. The Morgan fingerprint density at radius 2 is 2.00 bits per heavy atom. The number of halogens is 3. The minimum Gasteiger partial charge on any atom is -0.336 e. The zero-order chi connectivity index (χ0) is 16.6. The van der Waals surface area contributed by atoms with Crippen LogP contribution in [0.25, 0.3) is 10.2 Å². The number of alkyl halides is 3. The molecule has 1 N–H and O–H groups in total. The lowest BCUT2D eigenvalue weighted by atomic mass is 10.1. The van der Waals surface area contributed by atoms with E-state index in [1.807, 2.05) is 18.4 Å². The van der Waals surface area contributed by atoms with Gasteiger partial charge in [-0.2, -0.15) is 13.2 Å². The normalized spacial score (nSPS) is 11.8. The molecule has 0 radical (unpaired) electrons. The van der Waals surface area contributed by atoms with Gasteiger partial charge < -0.3 is 9.88 Å². The predicted molar refractivity (Wildman–Crippen MR) is 84.9 cm³/mol. The summed E-state index contributed by atoms with van der Waals surface area (Å²) in [6, 6.07) is 8.56. The monoisotopic (exact) mass is 338 g/mol. The Morgan fingerprint density at radius 1 is 1.26 bits per heavy atom. The first kappa shape index (κ1) is 15.6. The Hall–Kier alpha value is -2.28. The van der Waals surface area contributed by atoms with E-state index in [-0.39, 0.29) is 5.69 Å². The Labute approximate surface area is 134 Å². The van der Waals surface area contributed by atoms with Gasteiger partial charge in [-0.3, -0.25) is 4.79 Å². The van der Waals surface area contributed by atoms with Crippen molar-refractivity contribution < 1.29 is 18.0 Å². The van der Waals surface area contributed by atoms with Gasteiger partial charge in [0.1, 0.15) is 5.69 Å². The van der Waals surface area contributed by atoms with Crippen molar-refractivity contribution in [1.82, 2.24) is 4.57 Å². The van der Waals surface area contributed by atoms with Gasteiger partial charge in [0.15, 0.2) is 0 Å². The molecule has 7 heteroatoms. The summed E-state index contributed by atoms with van der Waals surface area (Å²) in [6.07, 6.45) is -4.52. The first-order chi connectivity index (χ1) is 10.9. The van der Waals surface area contributed by atoms with E-state index in [1.165, 1.54) is 29.5 Å². The molecule has 2 heterocycles. The predicted octanol–water partition coefficient (Wildman–Crippen LogP) is 4.99. The van der Waals surface area contributed by atoms with Crippen LogP contribution in [0.2, 0.25) is 0 Å². The SMILES string of the molecule is CCn1c(C(=O)Nc2ccccc2C(F)(F)F)cc2sccc21. The number of para-hydroxylation sites is 1. The molecule has 0 fully saturated rings. The Kier molecular flexibility index (Phi) is 3.89. The highest BCUT2D eigenvalue weighted by Gasteiger charge is 2.33. The molecule has 23 heavy (non-hydrogen) atoms. The van der Waals surface area contributed by atoms with E-state index in [0.717, 1.165) is 16.3 Å². The fourth-order valence-corrected chi connectivity index (χ4v) is 3.35. The second-order valence-corrected chi connectivity index (χ2v) is 5.89. The number of aryl methyl sites for hydroxylation is 1. The van der Waals surface area contributed by atoms with Crippen LogP contribution in [0, 0.1) is 0 Å². The highest BCUT2D eigenvalue weighted by atomic mass is 32.1. The number of fused-ring (bicyclic) bond motifs is 1. The maximum Gasteiger partial charge on any atom is 0.418 e. The minimum absolute atomic E-state index is 0.239. The topological polar surface area (TPSA) is 34.0 Å². The molecule has 3 nitrogen and oxygen atoms in total. The van der Waals surface area contributed by atoms with Crippen molar-refractivity contribution in [3.05, 3.63) is 53.0 Å². The summed E-state index contributed by atoms with van der Waals surface area (Å²) in [5, 5.41) is 4.30. The summed E-state index contributed by atoms with van der Waals surface area (Å²) in [6.45, 7) is 2.45. The molecule has 3 aromatic rings. The molecule has 1 aromatic carbocycles. The van der Waals surface area contributed by atoms with Crippen LogP contribution >= 0.6 is 11.3 Å². The first-order valence-electron chi connectivity index (χ1n) is 6.96. The zero-order valence-corrected chi connectivity index (χ0v) is 13.0. The Morgan fingerprint density at radius 3 is 2.70 bits per heavy atom. The molecular weight excluding hydrogens is 325 g/mol. The maximum atomic E-state index is 13.0. The van der Waals surface area contributed by atoms with Crippen LogP contribution in [0.3, 0.4) is 0 Å². The molecule has 0 saturated heterocycles. The van der Waals surface area contributed by atoms with E-state index < -0.39 is 17.6 Å². The number of benzene rings is 1. The molecule has 0 bridgehead atoms. The van der Waals surface area contributed by atoms with Gasteiger partial charge in [0, 0.05) is 6.54 Å². The molecule has 0 spiro atoms. The molecule has 0 aliphatic rings. The van der Waals surface area contributed by atoms with E-state index in [1.54, 1.807) is 10.6 Å². The van der Waals surface area contributed by atoms with Crippen molar-refractivity contribution >= 4 is 33.1 Å². The highest BCUT2D eigenvalue weighted by Crippen LogP contribution is 2.35. The Bertz CT molecular complexity index is 864. The van der Waals surface area contributed by atoms with Crippen LogP contribution in [0.15, 0.2) is 41.8 Å². The third kappa shape index (κ3) is 2.84. The van der Waals surface area contributed by atoms with Gasteiger partial charge in [-0.25, -0.2) is 0 Å². The summed E-state index contributed by atoms with van der Waals surface area (Å²) in [7, 11) is 0. The number of anilines is 1. The second-order valence-electron chi connectivity index (χ2n) is 4.94. The van der Waals surface area contributed by atoms with Crippen molar-refractivity contribution in [2.45, 2.75) is 19.6 Å². The molecule has 0 saturated carbocycles. The standard InChI is InChI=1S/C16H13F3N2OS/c1-2-21-12-7-8-23-14(12)9-13(21)15(22)20-11-6-4-3-5-10(11)16(17,18)19/h3-9H,2H2,1H3,(H,20,22). The number of hydrogen-bond acceptors (Lipinski definition) is 2. The molecule has 0 aliphatic heterocycles. The fraction of sp³-hybridized carbons (Fsp3) is 0.188. The quantitative estimate of drug-likeness (QED) is 0.717. The van der Waals surface area contributed by atoms with Gasteiger partial charge in [0.05, 0.1) is 21.5 Å². The number of nitrogens with one attached hydrogen (secondary N) is 1. The van der Waals surface area contributed by atoms with Crippen LogP contribution in [-0.2, 0) is 12.7 Å². The number of carbonyl (C=O) groups is 1. The number of rotatable bonds is 3. The van der Waals surface area contributed by atoms with Gasteiger partial charge in [-0.05, 0) is 36.6 Å². The van der Waals surface area contributed by atoms with Gasteiger partial charge >= 0.3 is 6.18 Å². The number of nitrogens with zero attached hydrogens (tertiary/aromatic N) is 1. The second kappa shape index (κ2) is 5.73. The van der Waals surface area contributed by atoms with Crippen LogP contribution in [0.4, 0.5) is 18.9 Å². The molecule has 1 amide bonds. The average Bonchev–Trinajstić information content (AvgIpc) is 3.06. The first-order valence-corrected chi connectivity index (χ1v) is 7.84. The zero-order valence-electron chi connectivity index (χ0n) is 12.1. The lowest BCUT2D eigenvalue weighted by molar-refractivity contribution is -0.136. The van der Waals surface area contributed by atoms with Gasteiger partial charge in [-0.15, -0.1) is 11.3 Å². The summed E-state index contributed by atoms with van der Waals surface area (Å²) in [5.41, 5.74) is 0.167. The number of carbonyl (C=O) groups excluding carboxylic acids is 1. The van der Waals surface area contributed by atoms with Gasteiger partial charge in [-0.1, -0.05) is 12.1 Å². The van der Waals surface area contributed by atoms with E-state index in [0.29, 0.717) is 12.2 Å². The lowest BCUT2D eigenvalue weighted by Crippen LogP contribution is -2.19. The maximum absolute atomic E-state index is 13.0. The largest absolute Gasteiger partial charge is 0.418 e. The molecule has 3 rings (SSSR count). The Balaban J connectivity index is 1.97. The smallest absolute Gasteiger partial charge is 0.336 e. The number of hydrogen-bond donors (Lipinski definition) is 1. The minimum atomic E-state index is -4.52. The van der Waals surface area contributed by atoms with Crippen molar-refractivity contribution in [3.8, 4) is 0 Å². The van der Waals surface area contributed by atoms with Crippen LogP contribution in [-0.4, -0.2) is 10.5 Å². The molecular formula is C16H13F3N2OS. The van der Waals surface area contributed by atoms with Crippen molar-refractivity contribution in [2.24, 2.45) is 0 Å². The van der Waals surface area contributed by atoms with Crippen molar-refractivity contribution in [2.75, 3.05) is 5.32 Å². The van der Waals surface area contributed by atoms with Crippen molar-refractivity contribution in [3.63, 3.8) is 0 Å². The third-order valence-corrected chi connectivity index (χ3v) is 4.41. The summed E-state index contributed by atoms with van der Waals surface area (Å²) < 4.78 is 41.7. The lowest BCUT2D eigenvalue weighted by Gasteiger charge is -2.14. The molecule has 0 unspecified atom stereocenters. The van der Waals surface area contributed by atoms with Gasteiger partial charge in [0.2, 0.25) is 0 Å². The fourth-order valence-electron chi connectivity index (χ4n) is 2.53. The van der Waals surface area contributed by atoms with Gasteiger partial charge in [0.25, 0.3) is 5.91 Å². The number of amides is 1. The van der Waals surface area contributed by atoms with Crippen LogP contribution < -0.4 is 5.32 Å². The molecule has 0 atom stereocenters. The summed E-state index contributed by atoms with van der Waals surface area (Å²) in [4.78, 5) is 12.4. The molecule has 2 aromatic heterocycles. The van der Waals surface area contributed by atoms with E-state index >= 15 is 0 Å². The van der Waals surface area contributed by atoms with E-state index in [4.69, 9.17) is 0 Å². The number of thiophene rings is 1. The van der Waals surface area contributed by atoms with Crippen LogP contribution in [0.5, 0.6) is 0 Å².